The molecule has 0 aliphatic carbocycles. The lowest BCUT2D eigenvalue weighted by Gasteiger charge is -2.28. The number of rotatable bonds is 5. The molecule has 128 valence electrons. The predicted molar refractivity (Wildman–Crippen MR) is 102 cm³/mol. The number of halogens is 1. The number of nitrogens with one attached hydrogen (secondary N) is 1. The molecule has 1 aliphatic heterocycles. The van der Waals surface area contributed by atoms with Crippen molar-refractivity contribution < 1.29 is 9.53 Å². The molecule has 23 heavy (non-hydrogen) atoms. The summed E-state index contributed by atoms with van der Waals surface area (Å²) < 4.78 is 5.01. The molecule has 0 aromatic heterocycles. The van der Waals surface area contributed by atoms with E-state index in [0.717, 1.165) is 13.0 Å². The van der Waals surface area contributed by atoms with E-state index in [1.165, 1.54) is 11.1 Å². The molecule has 1 atom stereocenters. The van der Waals surface area contributed by atoms with Crippen LogP contribution in [0.5, 0.6) is 0 Å². The largest absolute Gasteiger partial charge is 0.383 e. The molecule has 1 amide bonds. The highest BCUT2D eigenvalue weighted by molar-refractivity contribution is 14.0. The molecule has 1 aromatic rings. The normalized spacial score (nSPS) is 15.4. The van der Waals surface area contributed by atoms with Crippen LogP contribution in [-0.2, 0) is 22.5 Å². The van der Waals surface area contributed by atoms with Gasteiger partial charge >= 0.3 is 0 Å². The maximum Gasteiger partial charge on any atom is 0.244 e. The number of guanidine groups is 1. The van der Waals surface area contributed by atoms with Crippen LogP contribution < -0.4 is 11.1 Å². The van der Waals surface area contributed by atoms with Gasteiger partial charge in [-0.2, -0.15) is 0 Å². The molecule has 1 aromatic carbocycles. The highest BCUT2D eigenvalue weighted by Crippen LogP contribution is 2.18. The highest BCUT2D eigenvalue weighted by Gasteiger charge is 2.19. The third-order valence-electron chi connectivity index (χ3n) is 3.68. The number of benzene rings is 1. The minimum atomic E-state index is -0.00125. The SMILES string of the molecule is COCC(C)NC(N)=NCC(=O)N1CCc2ccccc2C1.I. The zero-order valence-electron chi connectivity index (χ0n) is 13.6. The fraction of sp³-hybridized carbons (Fsp3) is 0.500. The second-order valence-corrected chi connectivity index (χ2v) is 5.54. The maximum atomic E-state index is 12.2. The van der Waals surface area contributed by atoms with Crippen molar-refractivity contribution in [3.63, 3.8) is 0 Å². The molecular weight excluding hydrogens is 407 g/mol. The van der Waals surface area contributed by atoms with Crippen molar-refractivity contribution >= 4 is 35.8 Å². The molecule has 1 unspecified atom stereocenters. The summed E-state index contributed by atoms with van der Waals surface area (Å²) in [4.78, 5) is 18.2. The molecule has 0 saturated heterocycles. The summed E-state index contributed by atoms with van der Waals surface area (Å²) in [5.41, 5.74) is 8.31. The number of hydrogen-bond donors (Lipinski definition) is 2. The van der Waals surface area contributed by atoms with Gasteiger partial charge in [0.25, 0.3) is 0 Å². The number of ether oxygens (including phenoxy) is 1. The van der Waals surface area contributed by atoms with E-state index in [1.807, 2.05) is 24.0 Å². The average molecular weight is 432 g/mol. The minimum absolute atomic E-state index is 0. The molecule has 0 spiro atoms. The lowest BCUT2D eigenvalue weighted by atomic mass is 10.00. The van der Waals surface area contributed by atoms with Crippen LogP contribution in [0.4, 0.5) is 0 Å². The second-order valence-electron chi connectivity index (χ2n) is 5.54. The zero-order valence-corrected chi connectivity index (χ0v) is 15.9. The van der Waals surface area contributed by atoms with Crippen molar-refractivity contribution in [1.82, 2.24) is 10.2 Å². The summed E-state index contributed by atoms with van der Waals surface area (Å²) in [5.74, 6) is 0.272. The molecule has 2 rings (SSSR count). The van der Waals surface area contributed by atoms with E-state index >= 15 is 0 Å². The second kappa shape index (κ2) is 9.71. The number of aliphatic imine (C=N–C) groups is 1. The molecule has 7 heteroatoms. The van der Waals surface area contributed by atoms with Crippen molar-refractivity contribution in [3.05, 3.63) is 35.4 Å². The standard InChI is InChI=1S/C16H24N4O2.HI/c1-12(11-22-2)19-16(17)18-9-15(21)20-8-7-13-5-3-4-6-14(13)10-20;/h3-6,12H,7-11H2,1-2H3,(H3,17,18,19);1H. The van der Waals surface area contributed by atoms with Gasteiger partial charge in [0.15, 0.2) is 5.96 Å². The van der Waals surface area contributed by atoms with Crippen LogP contribution in [0, 0.1) is 0 Å². The van der Waals surface area contributed by atoms with Gasteiger partial charge in [-0.1, -0.05) is 24.3 Å². The Morgan fingerprint density at radius 1 is 1.43 bits per heavy atom. The Kier molecular flexibility index (Phi) is 8.32. The monoisotopic (exact) mass is 432 g/mol. The summed E-state index contributed by atoms with van der Waals surface area (Å²) in [5, 5.41) is 2.99. The zero-order chi connectivity index (χ0) is 15.9. The Morgan fingerprint density at radius 2 is 2.13 bits per heavy atom. The van der Waals surface area contributed by atoms with E-state index < -0.39 is 0 Å². The third kappa shape index (κ3) is 5.98. The van der Waals surface area contributed by atoms with Crippen molar-refractivity contribution in [2.24, 2.45) is 10.7 Å². The van der Waals surface area contributed by atoms with Gasteiger partial charge in [0.2, 0.25) is 5.91 Å². The van der Waals surface area contributed by atoms with Gasteiger partial charge < -0.3 is 20.7 Å². The van der Waals surface area contributed by atoms with Crippen molar-refractivity contribution in [3.8, 4) is 0 Å². The Hall–Kier alpha value is -1.35. The molecular formula is C16H25IN4O2. The summed E-state index contributed by atoms with van der Waals surface area (Å²) >= 11 is 0. The van der Waals surface area contributed by atoms with Crippen molar-refractivity contribution in [1.29, 1.82) is 0 Å². The fourth-order valence-corrected chi connectivity index (χ4v) is 2.55. The number of nitrogens with two attached hydrogens (primary N) is 1. The van der Waals surface area contributed by atoms with Gasteiger partial charge in [0.1, 0.15) is 6.54 Å². The number of nitrogens with zero attached hydrogens (tertiary/aromatic N) is 2. The average Bonchev–Trinajstić information content (AvgIpc) is 2.52. The van der Waals surface area contributed by atoms with Crippen molar-refractivity contribution in [2.75, 3.05) is 26.8 Å². The topological polar surface area (TPSA) is 80.0 Å². The number of carbonyl (C=O) groups excluding carboxylic acids is 1. The van der Waals surface area contributed by atoms with Crippen LogP contribution in [-0.4, -0.2) is 49.6 Å². The molecule has 0 fully saturated rings. The molecule has 3 N–H and O–H groups in total. The number of amides is 1. The fourth-order valence-electron chi connectivity index (χ4n) is 2.55. The first kappa shape index (κ1) is 19.7. The summed E-state index contributed by atoms with van der Waals surface area (Å²) in [6, 6.07) is 8.29. The Balaban J connectivity index is 0.00000264. The van der Waals surface area contributed by atoms with Crippen LogP contribution in [0.3, 0.4) is 0 Å². The van der Waals surface area contributed by atoms with Gasteiger partial charge in [-0.15, -0.1) is 24.0 Å². The molecule has 1 heterocycles. The molecule has 0 radical (unpaired) electrons. The van der Waals surface area contributed by atoms with E-state index in [-0.39, 0.29) is 48.4 Å². The van der Waals surface area contributed by atoms with Gasteiger partial charge in [0, 0.05) is 26.2 Å². The first-order valence-electron chi connectivity index (χ1n) is 7.50. The van der Waals surface area contributed by atoms with Gasteiger partial charge in [-0.05, 0) is 24.5 Å². The molecule has 0 saturated carbocycles. The third-order valence-corrected chi connectivity index (χ3v) is 3.68. The maximum absolute atomic E-state index is 12.2. The number of fused-ring (bicyclic) bond motifs is 1. The van der Waals surface area contributed by atoms with Crippen LogP contribution in [0.25, 0.3) is 0 Å². The predicted octanol–water partition coefficient (Wildman–Crippen LogP) is 1.13. The number of carbonyl (C=O) groups is 1. The van der Waals surface area contributed by atoms with Crippen molar-refractivity contribution in [2.45, 2.75) is 25.9 Å². The smallest absolute Gasteiger partial charge is 0.244 e. The first-order chi connectivity index (χ1) is 10.6. The Bertz CT molecular complexity index is 551. The van der Waals surface area contributed by atoms with Gasteiger partial charge in [-0.3, -0.25) is 4.79 Å². The Labute approximate surface area is 154 Å². The number of hydrogen-bond acceptors (Lipinski definition) is 3. The number of methoxy groups -OCH3 is 1. The minimum Gasteiger partial charge on any atom is -0.383 e. The van der Waals surface area contributed by atoms with E-state index in [0.29, 0.717) is 13.2 Å². The van der Waals surface area contributed by atoms with Crippen LogP contribution in [0.15, 0.2) is 29.3 Å². The summed E-state index contributed by atoms with van der Waals surface area (Å²) in [7, 11) is 1.63. The van der Waals surface area contributed by atoms with Crippen LogP contribution >= 0.6 is 24.0 Å². The summed E-state index contributed by atoms with van der Waals surface area (Å²) in [6.07, 6.45) is 0.893. The molecule has 0 bridgehead atoms. The van der Waals surface area contributed by atoms with Gasteiger partial charge in [0.05, 0.1) is 6.61 Å². The highest BCUT2D eigenvalue weighted by atomic mass is 127. The van der Waals surface area contributed by atoms with Crippen LogP contribution in [0.1, 0.15) is 18.1 Å². The Morgan fingerprint density at radius 3 is 2.83 bits per heavy atom. The molecule has 6 nitrogen and oxygen atoms in total. The van der Waals surface area contributed by atoms with Gasteiger partial charge in [-0.25, -0.2) is 4.99 Å². The van der Waals surface area contributed by atoms with E-state index in [1.54, 1.807) is 7.11 Å². The van der Waals surface area contributed by atoms with Crippen LogP contribution in [0.2, 0.25) is 0 Å². The summed E-state index contributed by atoms with van der Waals surface area (Å²) in [6.45, 7) is 3.93. The lowest BCUT2D eigenvalue weighted by molar-refractivity contribution is -0.130. The quantitative estimate of drug-likeness (QED) is 0.416. The van der Waals surface area contributed by atoms with E-state index in [9.17, 15) is 4.79 Å². The first-order valence-corrected chi connectivity index (χ1v) is 7.50. The molecule has 1 aliphatic rings. The lowest BCUT2D eigenvalue weighted by Crippen LogP contribution is -2.42. The van der Waals surface area contributed by atoms with E-state index in [4.69, 9.17) is 10.5 Å². The van der Waals surface area contributed by atoms with E-state index in [2.05, 4.69) is 22.4 Å².